The minimum atomic E-state index is -0.287. The molecule has 1 aliphatic rings. The number of tetrazole rings is 1. The van der Waals surface area contributed by atoms with Crippen LogP contribution in [0.2, 0.25) is 0 Å². The second kappa shape index (κ2) is 8.58. The molecule has 31 heavy (non-hydrogen) atoms. The van der Waals surface area contributed by atoms with Crippen LogP contribution in [0.4, 0.5) is 4.39 Å². The Morgan fingerprint density at radius 1 is 1.16 bits per heavy atom. The average Bonchev–Trinajstić information content (AvgIpc) is 3.48. The SMILES string of the molecule is CCC(C)(C)n1nnnc1[C@H](c1ccc(F)cc1)N1CCN(C(=O)c2ccco2)CC1. The Balaban J connectivity index is 1.62. The van der Waals surface area contributed by atoms with Crippen LogP contribution < -0.4 is 0 Å². The molecule has 1 atom stereocenters. The molecule has 164 valence electrons. The number of furan rings is 1. The van der Waals surface area contributed by atoms with Gasteiger partial charge in [-0.05, 0) is 60.5 Å². The monoisotopic (exact) mass is 426 g/mol. The van der Waals surface area contributed by atoms with Crippen molar-refractivity contribution in [3.63, 3.8) is 0 Å². The fourth-order valence-electron chi connectivity index (χ4n) is 3.85. The van der Waals surface area contributed by atoms with Gasteiger partial charge in [-0.3, -0.25) is 9.69 Å². The number of halogens is 1. The number of hydrogen-bond donors (Lipinski definition) is 0. The normalized spacial score (nSPS) is 16.5. The second-order valence-electron chi connectivity index (χ2n) is 8.37. The number of hydrogen-bond acceptors (Lipinski definition) is 6. The molecule has 1 aromatic carbocycles. The molecule has 0 aliphatic carbocycles. The summed E-state index contributed by atoms with van der Waals surface area (Å²) in [6.07, 6.45) is 2.36. The van der Waals surface area contributed by atoms with Crippen molar-refractivity contribution in [1.29, 1.82) is 0 Å². The number of rotatable bonds is 6. The highest BCUT2D eigenvalue weighted by Gasteiger charge is 2.35. The zero-order chi connectivity index (χ0) is 22.0. The van der Waals surface area contributed by atoms with Crippen molar-refractivity contribution in [2.75, 3.05) is 26.2 Å². The quantitative estimate of drug-likeness (QED) is 0.603. The fraction of sp³-hybridized carbons (Fsp3) is 0.455. The third-order valence-corrected chi connectivity index (χ3v) is 6.06. The Kier molecular flexibility index (Phi) is 5.86. The zero-order valence-electron chi connectivity index (χ0n) is 18.0. The Bertz CT molecular complexity index is 1010. The van der Waals surface area contributed by atoms with Crippen molar-refractivity contribution in [3.05, 3.63) is 65.6 Å². The minimum absolute atomic E-state index is 0.111. The molecule has 0 spiro atoms. The average molecular weight is 426 g/mol. The van der Waals surface area contributed by atoms with Crippen LogP contribution in [-0.4, -0.2) is 62.1 Å². The third kappa shape index (κ3) is 4.23. The van der Waals surface area contributed by atoms with Gasteiger partial charge in [-0.2, -0.15) is 0 Å². The van der Waals surface area contributed by atoms with Crippen LogP contribution in [0.15, 0.2) is 47.1 Å². The van der Waals surface area contributed by atoms with Crippen molar-refractivity contribution in [3.8, 4) is 0 Å². The Morgan fingerprint density at radius 3 is 2.48 bits per heavy atom. The van der Waals surface area contributed by atoms with E-state index in [0.29, 0.717) is 37.8 Å². The van der Waals surface area contributed by atoms with Crippen molar-refractivity contribution in [2.24, 2.45) is 0 Å². The molecule has 3 aromatic rings. The number of carbonyl (C=O) groups excluding carboxylic acids is 1. The molecule has 0 radical (unpaired) electrons. The molecule has 0 bridgehead atoms. The van der Waals surface area contributed by atoms with Gasteiger partial charge in [-0.1, -0.05) is 19.1 Å². The van der Waals surface area contributed by atoms with Gasteiger partial charge < -0.3 is 9.32 Å². The number of aromatic nitrogens is 4. The van der Waals surface area contributed by atoms with Crippen LogP contribution >= 0.6 is 0 Å². The van der Waals surface area contributed by atoms with Crippen LogP contribution in [-0.2, 0) is 5.54 Å². The molecule has 8 nitrogen and oxygen atoms in total. The summed E-state index contributed by atoms with van der Waals surface area (Å²) in [5.74, 6) is 0.659. The lowest BCUT2D eigenvalue weighted by Gasteiger charge is -2.39. The molecule has 1 aliphatic heterocycles. The van der Waals surface area contributed by atoms with Crippen molar-refractivity contribution in [2.45, 2.75) is 38.8 Å². The lowest BCUT2D eigenvalue weighted by atomic mass is 9.99. The first-order chi connectivity index (χ1) is 14.9. The first kappa shape index (κ1) is 21.2. The molecule has 0 N–H and O–H groups in total. The zero-order valence-corrected chi connectivity index (χ0v) is 18.0. The molecular weight excluding hydrogens is 399 g/mol. The molecule has 0 saturated carbocycles. The molecule has 2 aromatic heterocycles. The summed E-state index contributed by atoms with van der Waals surface area (Å²) >= 11 is 0. The maximum Gasteiger partial charge on any atom is 0.289 e. The standard InChI is InChI=1S/C22H27FN6O2/c1-4-22(2,3)29-20(24-25-26-29)19(16-7-9-17(23)10-8-16)27-11-13-28(14-12-27)21(30)18-6-5-15-31-18/h5-10,15,19H,4,11-14H2,1-3H3/t19-/m0/s1. The summed E-state index contributed by atoms with van der Waals surface area (Å²) in [4.78, 5) is 16.7. The smallest absolute Gasteiger partial charge is 0.289 e. The molecular formula is C22H27FN6O2. The lowest BCUT2D eigenvalue weighted by molar-refractivity contribution is 0.0555. The van der Waals surface area contributed by atoms with Gasteiger partial charge in [0.25, 0.3) is 5.91 Å². The fourth-order valence-corrected chi connectivity index (χ4v) is 3.85. The van der Waals surface area contributed by atoms with E-state index in [-0.39, 0.29) is 23.3 Å². The van der Waals surface area contributed by atoms with Gasteiger partial charge in [-0.15, -0.1) is 5.10 Å². The first-order valence-corrected chi connectivity index (χ1v) is 10.5. The highest BCUT2D eigenvalue weighted by Crippen LogP contribution is 2.31. The highest BCUT2D eigenvalue weighted by molar-refractivity contribution is 5.91. The number of benzene rings is 1. The van der Waals surface area contributed by atoms with Crippen LogP contribution in [0.5, 0.6) is 0 Å². The van der Waals surface area contributed by atoms with Gasteiger partial charge in [-0.25, -0.2) is 9.07 Å². The largest absolute Gasteiger partial charge is 0.459 e. The van der Waals surface area contributed by atoms with E-state index < -0.39 is 0 Å². The first-order valence-electron chi connectivity index (χ1n) is 10.5. The van der Waals surface area contributed by atoms with Gasteiger partial charge in [0.2, 0.25) is 0 Å². The van der Waals surface area contributed by atoms with Crippen LogP contribution in [0.1, 0.15) is 55.2 Å². The van der Waals surface area contributed by atoms with E-state index in [1.54, 1.807) is 29.2 Å². The molecule has 1 fully saturated rings. The second-order valence-corrected chi connectivity index (χ2v) is 8.37. The van der Waals surface area contributed by atoms with Gasteiger partial charge in [0.15, 0.2) is 11.6 Å². The molecule has 0 unspecified atom stereocenters. The summed E-state index contributed by atoms with van der Waals surface area (Å²) in [5, 5.41) is 12.6. The van der Waals surface area contributed by atoms with Crippen LogP contribution in [0, 0.1) is 5.82 Å². The molecule has 1 amide bonds. The number of carbonyl (C=O) groups is 1. The van der Waals surface area contributed by atoms with Gasteiger partial charge in [0.1, 0.15) is 5.82 Å². The number of piperazine rings is 1. The van der Waals surface area contributed by atoms with Crippen LogP contribution in [0.3, 0.4) is 0 Å². The molecule has 9 heteroatoms. The maximum absolute atomic E-state index is 13.6. The molecule has 3 heterocycles. The minimum Gasteiger partial charge on any atom is -0.459 e. The summed E-state index contributed by atoms with van der Waals surface area (Å²) in [6, 6.07) is 9.61. The summed E-state index contributed by atoms with van der Waals surface area (Å²) in [5.41, 5.74) is 0.643. The van der Waals surface area contributed by atoms with E-state index in [4.69, 9.17) is 4.42 Å². The Hall–Kier alpha value is -3.07. The van der Waals surface area contributed by atoms with Gasteiger partial charge >= 0.3 is 0 Å². The summed E-state index contributed by atoms with van der Waals surface area (Å²) in [7, 11) is 0. The maximum atomic E-state index is 13.6. The van der Waals surface area contributed by atoms with Crippen molar-refractivity contribution in [1.82, 2.24) is 30.0 Å². The van der Waals surface area contributed by atoms with Crippen molar-refractivity contribution < 1.29 is 13.6 Å². The van der Waals surface area contributed by atoms with E-state index in [0.717, 1.165) is 12.0 Å². The van der Waals surface area contributed by atoms with Gasteiger partial charge in [0, 0.05) is 26.2 Å². The Morgan fingerprint density at radius 2 is 1.87 bits per heavy atom. The Labute approximate surface area is 180 Å². The predicted molar refractivity (Wildman–Crippen MR) is 112 cm³/mol. The highest BCUT2D eigenvalue weighted by atomic mass is 19.1. The van der Waals surface area contributed by atoms with Crippen molar-refractivity contribution >= 4 is 5.91 Å². The van der Waals surface area contributed by atoms with Crippen LogP contribution in [0.25, 0.3) is 0 Å². The van der Waals surface area contributed by atoms with E-state index in [1.165, 1.54) is 18.4 Å². The van der Waals surface area contributed by atoms with E-state index >= 15 is 0 Å². The predicted octanol–water partition coefficient (Wildman–Crippen LogP) is 3.10. The summed E-state index contributed by atoms with van der Waals surface area (Å²) < 4.78 is 20.7. The summed E-state index contributed by atoms with van der Waals surface area (Å²) in [6.45, 7) is 8.65. The van der Waals surface area contributed by atoms with Gasteiger partial charge in [0.05, 0.1) is 17.8 Å². The molecule has 4 rings (SSSR count). The number of nitrogens with zero attached hydrogens (tertiary/aromatic N) is 6. The third-order valence-electron chi connectivity index (χ3n) is 6.06. The van der Waals surface area contributed by atoms with E-state index in [9.17, 15) is 9.18 Å². The van der Waals surface area contributed by atoms with E-state index in [1.807, 2.05) is 4.68 Å². The van der Waals surface area contributed by atoms with E-state index in [2.05, 4.69) is 41.2 Å². The lowest BCUT2D eigenvalue weighted by Crippen LogP contribution is -2.50. The molecule has 1 saturated heterocycles. The topological polar surface area (TPSA) is 80.3 Å². The number of amides is 1.